The molecule has 2 rings (SSSR count). The zero-order valence-electron chi connectivity index (χ0n) is 13.6. The molecule has 1 aromatic heterocycles. The van der Waals surface area contributed by atoms with Gasteiger partial charge in [0.25, 0.3) is 0 Å². The lowest BCUT2D eigenvalue weighted by atomic mass is 9.80. The quantitative estimate of drug-likeness (QED) is 0.768. The maximum atomic E-state index is 6.06. The van der Waals surface area contributed by atoms with Crippen molar-refractivity contribution in [2.45, 2.75) is 52.7 Å². The Hall–Kier alpha value is -1.34. The van der Waals surface area contributed by atoms with Gasteiger partial charge in [-0.15, -0.1) is 0 Å². The second-order valence-corrected chi connectivity index (χ2v) is 5.85. The van der Waals surface area contributed by atoms with Crippen LogP contribution in [0.25, 0.3) is 0 Å². The van der Waals surface area contributed by atoms with Crippen molar-refractivity contribution in [1.29, 1.82) is 0 Å². The van der Waals surface area contributed by atoms with Crippen molar-refractivity contribution >= 4 is 12.6 Å². The summed E-state index contributed by atoms with van der Waals surface area (Å²) in [5, 5.41) is 0. The van der Waals surface area contributed by atoms with Gasteiger partial charge in [-0.25, -0.2) is 9.97 Å². The van der Waals surface area contributed by atoms with E-state index < -0.39 is 18.3 Å². The highest BCUT2D eigenvalue weighted by Gasteiger charge is 2.54. The standard InChI is InChI=1S/C14H23BN2O4/c1-7-18-11-10(12(19-8-2)17-9-16-11)15-20-13(3,4)14(5,6)21-15/h9H,7-8H2,1-6H3. The van der Waals surface area contributed by atoms with Crippen LogP contribution in [0.3, 0.4) is 0 Å². The van der Waals surface area contributed by atoms with Crippen molar-refractivity contribution in [2.24, 2.45) is 0 Å². The van der Waals surface area contributed by atoms with E-state index in [0.717, 1.165) is 0 Å². The van der Waals surface area contributed by atoms with E-state index in [1.807, 2.05) is 41.5 Å². The first-order valence-corrected chi connectivity index (χ1v) is 7.28. The number of nitrogens with zero attached hydrogens (tertiary/aromatic N) is 2. The maximum absolute atomic E-state index is 6.06. The molecule has 0 unspecified atom stereocenters. The number of aromatic nitrogens is 2. The zero-order valence-corrected chi connectivity index (χ0v) is 13.6. The molecule has 2 heterocycles. The van der Waals surface area contributed by atoms with E-state index in [9.17, 15) is 0 Å². The van der Waals surface area contributed by atoms with Crippen LogP contribution in [0.5, 0.6) is 11.8 Å². The summed E-state index contributed by atoms with van der Waals surface area (Å²) in [6, 6.07) is 0. The van der Waals surface area contributed by atoms with Crippen LogP contribution < -0.4 is 14.9 Å². The van der Waals surface area contributed by atoms with Gasteiger partial charge in [-0.05, 0) is 41.5 Å². The van der Waals surface area contributed by atoms with Crippen molar-refractivity contribution < 1.29 is 18.8 Å². The molecule has 0 N–H and O–H groups in total. The van der Waals surface area contributed by atoms with Gasteiger partial charge in [-0.1, -0.05) is 0 Å². The summed E-state index contributed by atoms with van der Waals surface area (Å²) in [4.78, 5) is 8.36. The number of rotatable bonds is 5. The van der Waals surface area contributed by atoms with Crippen molar-refractivity contribution in [3.8, 4) is 11.8 Å². The first kappa shape index (κ1) is 16.0. The molecule has 0 amide bonds. The predicted octanol–water partition coefficient (Wildman–Crippen LogP) is 1.57. The van der Waals surface area contributed by atoms with E-state index in [4.69, 9.17) is 18.8 Å². The Balaban J connectivity index is 2.42. The molecule has 1 saturated heterocycles. The van der Waals surface area contributed by atoms with Gasteiger partial charge in [0.15, 0.2) is 0 Å². The van der Waals surface area contributed by atoms with Crippen LogP contribution in [0.1, 0.15) is 41.5 Å². The average Bonchev–Trinajstić information content (AvgIpc) is 2.59. The van der Waals surface area contributed by atoms with Gasteiger partial charge >= 0.3 is 7.12 Å². The molecule has 1 aliphatic heterocycles. The van der Waals surface area contributed by atoms with Gasteiger partial charge in [-0.2, -0.15) is 0 Å². The Labute approximate surface area is 126 Å². The minimum absolute atomic E-state index is 0.439. The normalized spacial score (nSPS) is 19.6. The molecule has 6 nitrogen and oxygen atoms in total. The molecule has 0 aliphatic carbocycles. The van der Waals surface area contributed by atoms with E-state index in [0.29, 0.717) is 30.4 Å². The Morgan fingerprint density at radius 2 is 1.38 bits per heavy atom. The molecule has 0 bridgehead atoms. The smallest absolute Gasteiger partial charge is 0.478 e. The molecule has 0 spiro atoms. The lowest BCUT2D eigenvalue weighted by Gasteiger charge is -2.32. The minimum atomic E-state index is -0.612. The number of ether oxygens (including phenoxy) is 2. The van der Waals surface area contributed by atoms with Crippen molar-refractivity contribution in [2.75, 3.05) is 13.2 Å². The number of hydrogen-bond acceptors (Lipinski definition) is 6. The lowest BCUT2D eigenvalue weighted by molar-refractivity contribution is 0.00578. The summed E-state index contributed by atoms with van der Waals surface area (Å²) in [5.74, 6) is 0.879. The van der Waals surface area contributed by atoms with E-state index in [1.54, 1.807) is 0 Å². The molecule has 0 radical (unpaired) electrons. The van der Waals surface area contributed by atoms with E-state index in [-0.39, 0.29) is 0 Å². The fourth-order valence-electron chi connectivity index (χ4n) is 2.03. The molecule has 1 aromatic rings. The monoisotopic (exact) mass is 294 g/mol. The highest BCUT2D eigenvalue weighted by molar-refractivity contribution is 6.64. The van der Waals surface area contributed by atoms with E-state index >= 15 is 0 Å². The molecule has 0 saturated carbocycles. The maximum Gasteiger partial charge on any atom is 0.506 e. The molecular formula is C14H23BN2O4. The second kappa shape index (κ2) is 5.81. The lowest BCUT2D eigenvalue weighted by Crippen LogP contribution is -2.41. The molecule has 116 valence electrons. The van der Waals surface area contributed by atoms with Crippen LogP contribution in [0.4, 0.5) is 0 Å². The highest BCUT2D eigenvalue weighted by Crippen LogP contribution is 2.37. The first-order chi connectivity index (χ1) is 9.82. The van der Waals surface area contributed by atoms with Gasteiger partial charge in [0.05, 0.1) is 24.4 Å². The minimum Gasteiger partial charge on any atom is -0.478 e. The molecular weight excluding hydrogens is 271 g/mol. The summed E-state index contributed by atoms with van der Waals surface area (Å²) in [5.41, 5.74) is -0.277. The van der Waals surface area contributed by atoms with Crippen LogP contribution in [-0.2, 0) is 9.31 Å². The third-order valence-electron chi connectivity index (χ3n) is 3.86. The topological polar surface area (TPSA) is 62.7 Å². The fourth-order valence-corrected chi connectivity index (χ4v) is 2.03. The van der Waals surface area contributed by atoms with Crippen LogP contribution in [-0.4, -0.2) is 41.5 Å². The third-order valence-corrected chi connectivity index (χ3v) is 3.86. The van der Waals surface area contributed by atoms with E-state index in [2.05, 4.69) is 9.97 Å². The molecule has 0 aromatic carbocycles. The van der Waals surface area contributed by atoms with Crippen molar-refractivity contribution in [3.05, 3.63) is 6.33 Å². The highest BCUT2D eigenvalue weighted by atomic mass is 16.7. The van der Waals surface area contributed by atoms with E-state index in [1.165, 1.54) is 6.33 Å². The molecule has 0 atom stereocenters. The Morgan fingerprint density at radius 1 is 0.952 bits per heavy atom. The summed E-state index contributed by atoms with van der Waals surface area (Å²) in [7, 11) is -0.612. The van der Waals surface area contributed by atoms with Gasteiger partial charge in [0.1, 0.15) is 11.8 Å². The van der Waals surface area contributed by atoms with Crippen molar-refractivity contribution in [3.63, 3.8) is 0 Å². The van der Waals surface area contributed by atoms with Crippen LogP contribution in [0.2, 0.25) is 0 Å². The third kappa shape index (κ3) is 2.99. The van der Waals surface area contributed by atoms with Crippen LogP contribution >= 0.6 is 0 Å². The second-order valence-electron chi connectivity index (χ2n) is 5.85. The molecule has 1 fully saturated rings. The SMILES string of the molecule is CCOc1ncnc(OCC)c1B1OC(C)(C)C(C)(C)O1. The Morgan fingerprint density at radius 3 is 1.76 bits per heavy atom. The molecule has 1 aliphatic rings. The zero-order chi connectivity index (χ0) is 15.7. The van der Waals surface area contributed by atoms with Crippen molar-refractivity contribution in [1.82, 2.24) is 9.97 Å². The summed E-state index contributed by atoms with van der Waals surface area (Å²) in [6.07, 6.45) is 1.42. The molecule has 21 heavy (non-hydrogen) atoms. The average molecular weight is 294 g/mol. The van der Waals surface area contributed by atoms with Crippen LogP contribution in [0, 0.1) is 0 Å². The van der Waals surface area contributed by atoms with Gasteiger partial charge in [0.2, 0.25) is 11.8 Å². The fraction of sp³-hybridized carbons (Fsp3) is 0.714. The Bertz CT molecular complexity index is 467. The Kier molecular flexibility index (Phi) is 4.44. The summed E-state index contributed by atoms with van der Waals surface area (Å²) < 4.78 is 23.3. The predicted molar refractivity (Wildman–Crippen MR) is 80.1 cm³/mol. The van der Waals surface area contributed by atoms with Gasteiger partial charge < -0.3 is 18.8 Å². The first-order valence-electron chi connectivity index (χ1n) is 7.28. The summed E-state index contributed by atoms with van der Waals surface area (Å²) >= 11 is 0. The van der Waals surface area contributed by atoms with Gasteiger partial charge in [0, 0.05) is 0 Å². The summed E-state index contributed by atoms with van der Waals surface area (Å²) in [6.45, 7) is 12.8. The van der Waals surface area contributed by atoms with Gasteiger partial charge in [-0.3, -0.25) is 0 Å². The molecule has 7 heteroatoms. The number of hydrogen-bond donors (Lipinski definition) is 0. The largest absolute Gasteiger partial charge is 0.506 e. The van der Waals surface area contributed by atoms with Crippen LogP contribution in [0.15, 0.2) is 6.33 Å².